The molecule has 30 heavy (non-hydrogen) atoms. The molecular weight excluding hydrogens is 382 g/mol. The highest BCUT2D eigenvalue weighted by Crippen LogP contribution is 2.21. The topological polar surface area (TPSA) is 84.6 Å². The number of carbonyl (C=O) groups is 2. The first kappa shape index (κ1) is 21.6. The van der Waals surface area contributed by atoms with Gasteiger partial charge in [0.15, 0.2) is 0 Å². The van der Waals surface area contributed by atoms with Crippen molar-refractivity contribution in [2.24, 2.45) is 0 Å². The number of likely N-dealkylation sites (tertiary alicyclic amines) is 1. The zero-order chi connectivity index (χ0) is 21.7. The minimum Gasteiger partial charge on any atom is -0.464 e. The van der Waals surface area contributed by atoms with E-state index in [1.54, 1.807) is 9.47 Å². The van der Waals surface area contributed by atoms with Gasteiger partial charge in [-0.05, 0) is 44.7 Å². The lowest BCUT2D eigenvalue weighted by molar-refractivity contribution is 0.0605. The number of hydrogen-bond acceptors (Lipinski definition) is 4. The molecule has 3 heterocycles. The second-order valence-electron chi connectivity index (χ2n) is 7.65. The molecule has 0 aliphatic carbocycles. The summed E-state index contributed by atoms with van der Waals surface area (Å²) in [7, 11) is 0. The average molecular weight is 412 g/mol. The molecule has 2 amide bonds. The van der Waals surface area contributed by atoms with E-state index in [1.807, 2.05) is 26.0 Å². The maximum atomic E-state index is 13.3. The van der Waals surface area contributed by atoms with Crippen molar-refractivity contribution in [3.05, 3.63) is 70.1 Å². The Balaban J connectivity index is 2.02. The summed E-state index contributed by atoms with van der Waals surface area (Å²) in [6, 6.07) is 3.80. The van der Waals surface area contributed by atoms with E-state index in [9.17, 15) is 14.4 Å². The van der Waals surface area contributed by atoms with Crippen LogP contribution in [0.25, 0.3) is 0 Å². The Morgan fingerprint density at radius 3 is 2.70 bits per heavy atom. The minimum atomic E-state index is -0.547. The van der Waals surface area contributed by atoms with Crippen LogP contribution in [-0.4, -0.2) is 40.4 Å². The monoisotopic (exact) mass is 411 g/mol. The van der Waals surface area contributed by atoms with Crippen LogP contribution in [0.2, 0.25) is 0 Å². The van der Waals surface area contributed by atoms with E-state index in [4.69, 9.17) is 4.42 Å². The number of piperidine rings is 1. The summed E-state index contributed by atoms with van der Waals surface area (Å²) >= 11 is 0. The molecule has 0 aromatic carbocycles. The van der Waals surface area contributed by atoms with E-state index < -0.39 is 11.3 Å². The summed E-state index contributed by atoms with van der Waals surface area (Å²) in [5.74, 6) is 0.612. The normalized spacial score (nSPS) is 16.3. The number of hydrogen-bond donors (Lipinski definition) is 1. The van der Waals surface area contributed by atoms with Gasteiger partial charge in [0.1, 0.15) is 22.6 Å². The second kappa shape index (κ2) is 9.61. The highest BCUT2D eigenvalue weighted by molar-refractivity contribution is 5.99. The van der Waals surface area contributed by atoms with E-state index in [1.165, 1.54) is 18.5 Å². The van der Waals surface area contributed by atoms with Crippen LogP contribution in [0.15, 0.2) is 46.4 Å². The van der Waals surface area contributed by atoms with Crippen molar-refractivity contribution in [1.29, 1.82) is 0 Å². The predicted octanol–water partition coefficient (Wildman–Crippen LogP) is 3.12. The van der Waals surface area contributed by atoms with Crippen LogP contribution in [0.4, 0.5) is 0 Å². The highest BCUT2D eigenvalue weighted by Gasteiger charge is 2.29. The van der Waals surface area contributed by atoms with Gasteiger partial charge in [-0.2, -0.15) is 0 Å². The minimum absolute atomic E-state index is 0.0184. The number of aromatic nitrogens is 1. The quantitative estimate of drug-likeness (QED) is 0.710. The van der Waals surface area contributed by atoms with Gasteiger partial charge >= 0.3 is 0 Å². The van der Waals surface area contributed by atoms with Gasteiger partial charge in [0, 0.05) is 31.5 Å². The van der Waals surface area contributed by atoms with Crippen molar-refractivity contribution in [2.45, 2.75) is 52.1 Å². The third-order valence-corrected chi connectivity index (χ3v) is 5.45. The molecule has 2 aromatic rings. The van der Waals surface area contributed by atoms with Crippen molar-refractivity contribution in [2.75, 3.05) is 13.1 Å². The van der Waals surface area contributed by atoms with Gasteiger partial charge in [-0.3, -0.25) is 14.4 Å². The molecule has 1 saturated heterocycles. The van der Waals surface area contributed by atoms with Crippen LogP contribution < -0.4 is 10.7 Å². The second-order valence-corrected chi connectivity index (χ2v) is 7.65. The third-order valence-electron chi connectivity index (χ3n) is 5.45. The average Bonchev–Trinajstić information content (AvgIpc) is 3.16. The van der Waals surface area contributed by atoms with Crippen molar-refractivity contribution in [3.8, 4) is 0 Å². The Labute approximate surface area is 176 Å². The molecule has 0 radical (unpaired) electrons. The summed E-state index contributed by atoms with van der Waals surface area (Å²) in [5.41, 5.74) is -0.588. The molecule has 1 N–H and O–H groups in total. The van der Waals surface area contributed by atoms with Crippen LogP contribution >= 0.6 is 0 Å². The van der Waals surface area contributed by atoms with Crippen LogP contribution in [0, 0.1) is 6.92 Å². The molecule has 1 fully saturated rings. The van der Waals surface area contributed by atoms with Crippen LogP contribution in [-0.2, 0) is 6.54 Å². The van der Waals surface area contributed by atoms with Gasteiger partial charge in [0.25, 0.3) is 11.8 Å². The van der Waals surface area contributed by atoms with Crippen LogP contribution in [0.5, 0.6) is 0 Å². The van der Waals surface area contributed by atoms with E-state index in [0.29, 0.717) is 18.8 Å². The fraction of sp³-hybridized carbons (Fsp3) is 0.435. The Hall–Kier alpha value is -3.09. The molecular formula is C23H29N3O4. The number of pyridine rings is 1. The summed E-state index contributed by atoms with van der Waals surface area (Å²) in [4.78, 5) is 40.8. The number of carbonyl (C=O) groups excluding carboxylic acids is 2. The van der Waals surface area contributed by atoms with Gasteiger partial charge in [-0.1, -0.05) is 13.0 Å². The van der Waals surface area contributed by atoms with E-state index >= 15 is 0 Å². The smallest absolute Gasteiger partial charge is 0.259 e. The third kappa shape index (κ3) is 4.72. The SMILES string of the molecule is C=CCNC(=O)c1cn(Cc2ccc(C)o2)cc(C(=O)N2CCCCC2CC)c1=O. The van der Waals surface area contributed by atoms with Gasteiger partial charge in [0.05, 0.1) is 6.54 Å². The van der Waals surface area contributed by atoms with E-state index in [2.05, 4.69) is 11.9 Å². The van der Waals surface area contributed by atoms with Crippen molar-refractivity contribution in [3.63, 3.8) is 0 Å². The van der Waals surface area contributed by atoms with Crippen molar-refractivity contribution in [1.82, 2.24) is 14.8 Å². The van der Waals surface area contributed by atoms with E-state index in [0.717, 1.165) is 31.4 Å². The maximum Gasteiger partial charge on any atom is 0.259 e. The lowest BCUT2D eigenvalue weighted by Crippen LogP contribution is -2.45. The van der Waals surface area contributed by atoms with Crippen LogP contribution in [0.1, 0.15) is 64.8 Å². The molecule has 0 saturated carbocycles. The number of nitrogens with one attached hydrogen (secondary N) is 1. The Morgan fingerprint density at radius 2 is 2.03 bits per heavy atom. The molecule has 1 atom stereocenters. The van der Waals surface area contributed by atoms with Gasteiger partial charge in [-0.15, -0.1) is 6.58 Å². The molecule has 2 aromatic heterocycles. The molecule has 7 nitrogen and oxygen atoms in total. The number of nitrogens with zero attached hydrogens (tertiary/aromatic N) is 2. The van der Waals surface area contributed by atoms with Gasteiger partial charge in [-0.25, -0.2) is 0 Å². The first-order chi connectivity index (χ1) is 14.4. The molecule has 1 aliphatic heterocycles. The van der Waals surface area contributed by atoms with E-state index in [-0.39, 0.29) is 29.6 Å². The summed E-state index contributed by atoms with van der Waals surface area (Å²) in [5, 5.41) is 2.63. The van der Waals surface area contributed by atoms with Gasteiger partial charge < -0.3 is 19.2 Å². The molecule has 7 heteroatoms. The van der Waals surface area contributed by atoms with Crippen LogP contribution in [0.3, 0.4) is 0 Å². The number of rotatable bonds is 7. The summed E-state index contributed by atoms with van der Waals surface area (Å²) in [6.07, 6.45) is 8.32. The van der Waals surface area contributed by atoms with Crippen molar-refractivity contribution < 1.29 is 14.0 Å². The number of furan rings is 1. The Kier molecular flexibility index (Phi) is 6.92. The first-order valence-corrected chi connectivity index (χ1v) is 10.4. The van der Waals surface area contributed by atoms with Gasteiger partial charge in [0.2, 0.25) is 5.43 Å². The molecule has 1 unspecified atom stereocenters. The zero-order valence-corrected chi connectivity index (χ0v) is 17.6. The molecule has 3 rings (SSSR count). The largest absolute Gasteiger partial charge is 0.464 e. The fourth-order valence-electron chi connectivity index (χ4n) is 3.89. The molecule has 160 valence electrons. The maximum absolute atomic E-state index is 13.3. The fourth-order valence-corrected chi connectivity index (χ4v) is 3.89. The standard InChI is InChI=1S/C23H29N3O4/c1-4-11-24-22(28)19-14-25(13-18-10-9-16(3)30-18)15-20(21(19)27)23(29)26-12-7-6-8-17(26)5-2/h4,9-10,14-15,17H,1,5-8,11-13H2,2-3H3,(H,24,28). The number of amides is 2. The number of aryl methyl sites for hydroxylation is 1. The summed E-state index contributed by atoms with van der Waals surface area (Å²) in [6.45, 7) is 8.65. The van der Waals surface area contributed by atoms with Crippen molar-refractivity contribution >= 4 is 11.8 Å². The Morgan fingerprint density at radius 1 is 1.27 bits per heavy atom. The molecule has 0 bridgehead atoms. The zero-order valence-electron chi connectivity index (χ0n) is 17.6. The molecule has 1 aliphatic rings. The predicted molar refractivity (Wildman–Crippen MR) is 115 cm³/mol. The first-order valence-electron chi connectivity index (χ1n) is 10.4. The summed E-state index contributed by atoms with van der Waals surface area (Å²) < 4.78 is 7.29. The lowest BCUT2D eigenvalue weighted by Gasteiger charge is -2.35. The lowest BCUT2D eigenvalue weighted by atomic mass is 9.98. The highest BCUT2D eigenvalue weighted by atomic mass is 16.3. The Bertz CT molecular complexity index is 989. The molecule has 0 spiro atoms.